The number of rotatable bonds is 7. The highest BCUT2D eigenvalue weighted by atomic mass is 32.2. The minimum absolute atomic E-state index is 0.374. The maximum Gasteiger partial charge on any atom is 0.191 e. The Morgan fingerprint density at radius 2 is 2.14 bits per heavy atom. The maximum atomic E-state index is 11.8. The number of ether oxygens (including phenoxy) is 1. The van der Waals surface area contributed by atoms with Crippen LogP contribution in [0.1, 0.15) is 31.9 Å². The van der Waals surface area contributed by atoms with Crippen molar-refractivity contribution in [1.82, 2.24) is 15.5 Å². The first-order valence-electron chi connectivity index (χ1n) is 9.87. The number of nitrogens with zero attached hydrogens (tertiary/aromatic N) is 2. The summed E-state index contributed by atoms with van der Waals surface area (Å²) in [5.74, 6) is 0.764. The molecule has 2 N–H and O–H groups in total. The van der Waals surface area contributed by atoms with Gasteiger partial charge in [-0.1, -0.05) is 12.1 Å². The molecule has 7 nitrogen and oxygen atoms in total. The van der Waals surface area contributed by atoms with Crippen molar-refractivity contribution in [2.45, 2.75) is 51.2 Å². The molecular weight excluding hydrogens is 376 g/mol. The summed E-state index contributed by atoms with van der Waals surface area (Å²) in [6.45, 7) is 12.8. The fourth-order valence-electron chi connectivity index (χ4n) is 3.49. The summed E-state index contributed by atoms with van der Waals surface area (Å²) in [4.78, 5) is 7.48. The van der Waals surface area contributed by atoms with Gasteiger partial charge in [0.1, 0.15) is 0 Å². The van der Waals surface area contributed by atoms with Crippen LogP contribution in [0.5, 0.6) is 0 Å². The SMILES string of the molecule is CCNC(=NCc1ccc(S(C)(=O)=O)c(C)c1)NCC(C)N1CCOCC1C. The molecule has 2 rings (SSSR count). The zero-order valence-electron chi connectivity index (χ0n) is 17.7. The first-order valence-corrected chi connectivity index (χ1v) is 11.8. The normalized spacial score (nSPS) is 20.0. The number of benzene rings is 1. The molecule has 1 saturated heterocycles. The zero-order chi connectivity index (χ0) is 20.7. The molecule has 28 heavy (non-hydrogen) atoms. The predicted molar refractivity (Wildman–Crippen MR) is 114 cm³/mol. The van der Waals surface area contributed by atoms with Gasteiger partial charge in [-0.15, -0.1) is 0 Å². The van der Waals surface area contributed by atoms with E-state index in [1.165, 1.54) is 6.26 Å². The Balaban J connectivity index is 1.99. The Morgan fingerprint density at radius 3 is 2.75 bits per heavy atom. The summed E-state index contributed by atoms with van der Waals surface area (Å²) in [5.41, 5.74) is 1.74. The van der Waals surface area contributed by atoms with E-state index in [1.54, 1.807) is 6.07 Å². The summed E-state index contributed by atoms with van der Waals surface area (Å²) in [7, 11) is -3.20. The van der Waals surface area contributed by atoms with Gasteiger partial charge in [-0.3, -0.25) is 4.90 Å². The van der Waals surface area contributed by atoms with Gasteiger partial charge in [0.15, 0.2) is 15.8 Å². The lowest BCUT2D eigenvalue weighted by molar-refractivity contribution is -0.0174. The van der Waals surface area contributed by atoms with Crippen LogP contribution in [0.4, 0.5) is 0 Å². The van der Waals surface area contributed by atoms with E-state index < -0.39 is 9.84 Å². The van der Waals surface area contributed by atoms with Gasteiger partial charge in [0, 0.05) is 38.0 Å². The van der Waals surface area contributed by atoms with Gasteiger partial charge >= 0.3 is 0 Å². The standard InChI is InChI=1S/C20H34N4O3S/c1-6-21-20(22-12-16(3)24-9-10-27-14-17(24)4)23-13-18-7-8-19(15(2)11-18)28(5,25)26/h7-8,11,16-17H,6,9-10,12-14H2,1-5H3,(H2,21,22,23). The Hall–Kier alpha value is -1.64. The number of hydrogen-bond acceptors (Lipinski definition) is 5. The van der Waals surface area contributed by atoms with E-state index >= 15 is 0 Å². The average molecular weight is 411 g/mol. The van der Waals surface area contributed by atoms with E-state index in [4.69, 9.17) is 4.74 Å². The summed E-state index contributed by atoms with van der Waals surface area (Å²) in [6.07, 6.45) is 1.23. The molecule has 1 aliphatic heterocycles. The third kappa shape index (κ3) is 6.46. The van der Waals surface area contributed by atoms with Gasteiger partial charge < -0.3 is 15.4 Å². The van der Waals surface area contributed by atoms with Gasteiger partial charge in [-0.05, 0) is 44.9 Å². The Kier molecular flexibility index (Phi) is 8.27. The molecule has 0 saturated carbocycles. The molecule has 8 heteroatoms. The van der Waals surface area contributed by atoms with E-state index in [9.17, 15) is 8.42 Å². The molecule has 2 unspecified atom stereocenters. The van der Waals surface area contributed by atoms with Crippen LogP contribution in [0.3, 0.4) is 0 Å². The topological polar surface area (TPSA) is 83.0 Å². The van der Waals surface area contributed by atoms with E-state index in [0.29, 0.717) is 23.5 Å². The zero-order valence-corrected chi connectivity index (χ0v) is 18.5. The molecular formula is C20H34N4O3S. The maximum absolute atomic E-state index is 11.8. The van der Waals surface area contributed by atoms with Crippen molar-refractivity contribution in [3.05, 3.63) is 29.3 Å². The lowest BCUT2D eigenvalue weighted by atomic mass is 10.1. The van der Waals surface area contributed by atoms with Crippen molar-refractivity contribution >= 4 is 15.8 Å². The Morgan fingerprint density at radius 1 is 1.39 bits per heavy atom. The molecule has 0 spiro atoms. The number of guanidine groups is 1. The quantitative estimate of drug-likeness (QED) is 0.524. The minimum Gasteiger partial charge on any atom is -0.379 e. The summed E-state index contributed by atoms with van der Waals surface area (Å²) >= 11 is 0. The fraction of sp³-hybridized carbons (Fsp3) is 0.650. The van der Waals surface area contributed by atoms with Crippen LogP contribution in [-0.4, -0.2) is 70.5 Å². The van der Waals surface area contributed by atoms with Crippen molar-refractivity contribution in [3.8, 4) is 0 Å². The molecule has 1 aliphatic rings. The second-order valence-corrected chi connectivity index (χ2v) is 9.44. The van der Waals surface area contributed by atoms with Crippen molar-refractivity contribution in [1.29, 1.82) is 0 Å². The van der Waals surface area contributed by atoms with Crippen LogP contribution < -0.4 is 10.6 Å². The molecule has 0 aliphatic carbocycles. The Labute approximate surface area is 169 Å². The average Bonchev–Trinajstić information content (AvgIpc) is 2.63. The van der Waals surface area contributed by atoms with Crippen LogP contribution in [0.2, 0.25) is 0 Å². The molecule has 0 radical (unpaired) electrons. The number of hydrogen-bond donors (Lipinski definition) is 2. The lowest BCUT2D eigenvalue weighted by Crippen LogP contribution is -2.53. The number of sulfone groups is 1. The molecule has 0 bridgehead atoms. The highest BCUT2D eigenvalue weighted by Crippen LogP contribution is 2.17. The van der Waals surface area contributed by atoms with Gasteiger partial charge in [-0.25, -0.2) is 13.4 Å². The molecule has 1 aromatic carbocycles. The predicted octanol–water partition coefficient (Wildman–Crippen LogP) is 1.56. The first-order chi connectivity index (χ1) is 13.2. The van der Waals surface area contributed by atoms with Crippen molar-refractivity contribution in [2.75, 3.05) is 39.1 Å². The fourth-order valence-corrected chi connectivity index (χ4v) is 4.45. The number of aryl methyl sites for hydroxylation is 1. The highest BCUT2D eigenvalue weighted by Gasteiger charge is 2.23. The van der Waals surface area contributed by atoms with Gasteiger partial charge in [0.2, 0.25) is 0 Å². The molecule has 1 heterocycles. The van der Waals surface area contributed by atoms with Gasteiger partial charge in [-0.2, -0.15) is 0 Å². The van der Waals surface area contributed by atoms with Crippen LogP contribution in [-0.2, 0) is 21.1 Å². The number of aliphatic imine (C=N–C) groups is 1. The number of nitrogens with one attached hydrogen (secondary N) is 2. The molecule has 158 valence electrons. The summed E-state index contributed by atoms with van der Waals surface area (Å²) < 4.78 is 29.0. The monoisotopic (exact) mass is 410 g/mol. The largest absolute Gasteiger partial charge is 0.379 e. The summed E-state index contributed by atoms with van der Waals surface area (Å²) in [6, 6.07) is 6.17. The van der Waals surface area contributed by atoms with Gasteiger partial charge in [0.05, 0.1) is 24.7 Å². The summed E-state index contributed by atoms with van der Waals surface area (Å²) in [5, 5.41) is 6.69. The van der Waals surface area contributed by atoms with E-state index in [0.717, 1.165) is 49.9 Å². The number of morpholine rings is 1. The second-order valence-electron chi connectivity index (χ2n) is 7.46. The van der Waals surface area contributed by atoms with Crippen LogP contribution in [0.15, 0.2) is 28.1 Å². The smallest absolute Gasteiger partial charge is 0.191 e. The molecule has 1 aromatic rings. The second kappa shape index (κ2) is 10.2. The first kappa shape index (κ1) is 22.6. The van der Waals surface area contributed by atoms with E-state index in [1.807, 2.05) is 26.0 Å². The van der Waals surface area contributed by atoms with Crippen molar-refractivity contribution < 1.29 is 13.2 Å². The third-order valence-electron chi connectivity index (χ3n) is 4.95. The molecule has 1 fully saturated rings. The minimum atomic E-state index is -3.20. The van der Waals surface area contributed by atoms with Crippen molar-refractivity contribution in [2.24, 2.45) is 4.99 Å². The van der Waals surface area contributed by atoms with E-state index in [-0.39, 0.29) is 0 Å². The Bertz CT molecular complexity index is 780. The third-order valence-corrected chi connectivity index (χ3v) is 6.21. The highest BCUT2D eigenvalue weighted by molar-refractivity contribution is 7.90. The van der Waals surface area contributed by atoms with Crippen LogP contribution >= 0.6 is 0 Å². The van der Waals surface area contributed by atoms with Gasteiger partial charge in [0.25, 0.3) is 0 Å². The van der Waals surface area contributed by atoms with Crippen LogP contribution in [0.25, 0.3) is 0 Å². The van der Waals surface area contributed by atoms with Crippen molar-refractivity contribution in [3.63, 3.8) is 0 Å². The molecule has 0 amide bonds. The lowest BCUT2D eigenvalue weighted by Gasteiger charge is -2.38. The molecule has 0 aromatic heterocycles. The van der Waals surface area contributed by atoms with Crippen LogP contribution in [0, 0.1) is 6.92 Å². The van der Waals surface area contributed by atoms with E-state index in [2.05, 4.69) is 34.4 Å². The molecule has 2 atom stereocenters.